The second kappa shape index (κ2) is 10.9. The smallest absolute Gasteiger partial charge is 0.260 e. The van der Waals surface area contributed by atoms with Crippen LogP contribution in [0.25, 0.3) is 0 Å². The minimum Gasteiger partial charge on any atom is -0.483 e. The van der Waals surface area contributed by atoms with Crippen molar-refractivity contribution in [3.05, 3.63) is 59.1 Å². The first-order chi connectivity index (χ1) is 15.9. The van der Waals surface area contributed by atoms with Crippen molar-refractivity contribution in [3.8, 4) is 5.75 Å². The number of carbonyl (C=O) groups excluding carboxylic acids is 1. The fraction of sp³-hybridized carbons (Fsp3) is 0.480. The van der Waals surface area contributed by atoms with Gasteiger partial charge >= 0.3 is 0 Å². The molecule has 1 saturated carbocycles. The molecular weight excluding hydrogens is 460 g/mol. The van der Waals surface area contributed by atoms with Crippen molar-refractivity contribution in [1.82, 2.24) is 9.62 Å². The molecule has 2 aromatic rings. The predicted molar refractivity (Wildman–Crippen MR) is 129 cm³/mol. The van der Waals surface area contributed by atoms with Gasteiger partial charge in [-0.3, -0.25) is 4.79 Å². The van der Waals surface area contributed by atoms with Crippen molar-refractivity contribution in [2.45, 2.75) is 61.8 Å². The molecule has 1 N–H and O–H groups in total. The zero-order valence-corrected chi connectivity index (χ0v) is 20.3. The SMILES string of the molecule is O=C(COc1ccc(Cl)cc1C1CCCCC1)N1CCC(NS(=O)(=O)c2ccccc2)CC1. The maximum Gasteiger partial charge on any atom is 0.260 e. The Morgan fingerprint density at radius 2 is 1.70 bits per heavy atom. The molecule has 1 aliphatic heterocycles. The Kier molecular flexibility index (Phi) is 7.94. The van der Waals surface area contributed by atoms with Gasteiger partial charge in [-0.1, -0.05) is 49.1 Å². The van der Waals surface area contributed by atoms with Crippen LogP contribution >= 0.6 is 11.6 Å². The van der Waals surface area contributed by atoms with E-state index in [4.69, 9.17) is 16.3 Å². The monoisotopic (exact) mass is 490 g/mol. The van der Waals surface area contributed by atoms with Gasteiger partial charge in [0.25, 0.3) is 5.91 Å². The van der Waals surface area contributed by atoms with Gasteiger partial charge in [-0.25, -0.2) is 13.1 Å². The molecular formula is C25H31ClN2O4S. The molecule has 2 aliphatic rings. The van der Waals surface area contributed by atoms with Crippen LogP contribution in [0.3, 0.4) is 0 Å². The molecule has 1 saturated heterocycles. The number of nitrogens with one attached hydrogen (secondary N) is 1. The highest BCUT2D eigenvalue weighted by atomic mass is 35.5. The molecule has 0 unspecified atom stereocenters. The van der Waals surface area contributed by atoms with E-state index in [0.717, 1.165) is 24.2 Å². The predicted octanol–water partition coefficient (Wildman–Crippen LogP) is 4.74. The summed E-state index contributed by atoms with van der Waals surface area (Å²) in [7, 11) is -3.55. The van der Waals surface area contributed by atoms with Crippen LogP contribution in [0.5, 0.6) is 5.75 Å². The minimum absolute atomic E-state index is 0.0260. The molecule has 4 rings (SSSR count). The van der Waals surface area contributed by atoms with Gasteiger partial charge in [0.2, 0.25) is 10.0 Å². The third kappa shape index (κ3) is 6.28. The van der Waals surface area contributed by atoms with E-state index in [0.29, 0.717) is 36.9 Å². The van der Waals surface area contributed by atoms with E-state index in [1.165, 1.54) is 19.3 Å². The van der Waals surface area contributed by atoms with Crippen molar-refractivity contribution in [1.29, 1.82) is 0 Å². The molecule has 0 atom stereocenters. The molecule has 178 valence electrons. The Morgan fingerprint density at radius 3 is 2.39 bits per heavy atom. The molecule has 1 aliphatic carbocycles. The number of hydrogen-bond acceptors (Lipinski definition) is 4. The van der Waals surface area contributed by atoms with E-state index < -0.39 is 10.0 Å². The summed E-state index contributed by atoms with van der Waals surface area (Å²) in [6.07, 6.45) is 7.08. The lowest BCUT2D eigenvalue weighted by atomic mass is 9.84. The molecule has 0 aromatic heterocycles. The van der Waals surface area contributed by atoms with Crippen molar-refractivity contribution in [2.24, 2.45) is 0 Å². The van der Waals surface area contributed by atoms with Gasteiger partial charge < -0.3 is 9.64 Å². The summed E-state index contributed by atoms with van der Waals surface area (Å²) < 4.78 is 33.8. The normalized spacial score (nSPS) is 18.3. The van der Waals surface area contributed by atoms with Crippen molar-refractivity contribution < 1.29 is 17.9 Å². The van der Waals surface area contributed by atoms with E-state index in [9.17, 15) is 13.2 Å². The molecule has 33 heavy (non-hydrogen) atoms. The first kappa shape index (κ1) is 24.0. The standard InChI is InChI=1S/C25H31ClN2O4S/c26-20-11-12-24(23(17-20)19-7-3-1-4-8-19)32-18-25(29)28-15-13-21(14-16-28)27-33(30,31)22-9-5-2-6-10-22/h2,5-6,9-12,17,19,21,27H,1,3-4,7-8,13-16,18H2. The van der Waals surface area contributed by atoms with Gasteiger partial charge in [-0.05, 0) is 67.5 Å². The molecule has 6 nitrogen and oxygen atoms in total. The van der Waals surface area contributed by atoms with Crippen LogP contribution in [0.4, 0.5) is 0 Å². The fourth-order valence-electron chi connectivity index (χ4n) is 4.75. The third-order valence-electron chi connectivity index (χ3n) is 6.59. The second-order valence-electron chi connectivity index (χ2n) is 8.90. The molecule has 1 amide bonds. The lowest BCUT2D eigenvalue weighted by molar-refractivity contribution is -0.134. The van der Waals surface area contributed by atoms with Crippen LogP contribution in [-0.2, 0) is 14.8 Å². The summed E-state index contributed by atoms with van der Waals surface area (Å²) in [5, 5.41) is 0.689. The Bertz CT molecular complexity index is 1050. The molecule has 0 spiro atoms. The van der Waals surface area contributed by atoms with E-state index in [-0.39, 0.29) is 23.5 Å². The minimum atomic E-state index is -3.55. The van der Waals surface area contributed by atoms with Gasteiger partial charge in [0.1, 0.15) is 5.75 Å². The lowest BCUT2D eigenvalue weighted by Gasteiger charge is -2.32. The van der Waals surface area contributed by atoms with Crippen LogP contribution in [-0.4, -0.2) is 45.0 Å². The quantitative estimate of drug-likeness (QED) is 0.608. The zero-order chi connectivity index (χ0) is 23.3. The molecule has 8 heteroatoms. The number of amides is 1. The Labute approximate surface area is 201 Å². The van der Waals surface area contributed by atoms with E-state index in [1.807, 2.05) is 12.1 Å². The molecule has 2 fully saturated rings. The van der Waals surface area contributed by atoms with Crippen LogP contribution in [0.15, 0.2) is 53.4 Å². The van der Waals surface area contributed by atoms with Gasteiger partial charge in [0.15, 0.2) is 6.61 Å². The van der Waals surface area contributed by atoms with Crippen LogP contribution in [0.2, 0.25) is 5.02 Å². The molecule has 1 heterocycles. The fourth-order valence-corrected chi connectivity index (χ4v) is 6.25. The Balaban J connectivity index is 1.29. The van der Waals surface area contributed by atoms with Crippen molar-refractivity contribution >= 4 is 27.5 Å². The average Bonchev–Trinajstić information content (AvgIpc) is 2.84. The summed E-state index contributed by atoms with van der Waals surface area (Å²) in [5.41, 5.74) is 1.10. The Hall–Kier alpha value is -2.09. The average molecular weight is 491 g/mol. The number of benzene rings is 2. The zero-order valence-electron chi connectivity index (χ0n) is 18.7. The van der Waals surface area contributed by atoms with Gasteiger partial charge in [0, 0.05) is 24.2 Å². The van der Waals surface area contributed by atoms with Gasteiger partial charge in [-0.15, -0.1) is 0 Å². The molecule has 2 aromatic carbocycles. The number of rotatable bonds is 7. The summed E-state index contributed by atoms with van der Waals surface area (Å²) in [6.45, 7) is 0.975. The molecule has 0 bridgehead atoms. The maximum atomic E-state index is 12.8. The van der Waals surface area contributed by atoms with Crippen molar-refractivity contribution in [3.63, 3.8) is 0 Å². The summed E-state index contributed by atoms with van der Waals surface area (Å²) in [6, 6.07) is 13.8. The summed E-state index contributed by atoms with van der Waals surface area (Å²) in [4.78, 5) is 14.8. The lowest BCUT2D eigenvalue weighted by Crippen LogP contribution is -2.47. The van der Waals surface area contributed by atoms with Gasteiger partial charge in [-0.2, -0.15) is 0 Å². The summed E-state index contributed by atoms with van der Waals surface area (Å²) >= 11 is 6.24. The van der Waals surface area contributed by atoms with E-state index in [1.54, 1.807) is 41.3 Å². The maximum absolute atomic E-state index is 12.8. The highest BCUT2D eigenvalue weighted by molar-refractivity contribution is 7.89. The van der Waals surface area contributed by atoms with Crippen molar-refractivity contribution in [2.75, 3.05) is 19.7 Å². The van der Waals surface area contributed by atoms with Crippen LogP contribution in [0, 0.1) is 0 Å². The second-order valence-corrected chi connectivity index (χ2v) is 11.0. The summed E-state index contributed by atoms with van der Waals surface area (Å²) in [5.74, 6) is 1.09. The number of piperidine rings is 1. The number of ether oxygens (including phenoxy) is 1. The highest BCUT2D eigenvalue weighted by Crippen LogP contribution is 2.38. The van der Waals surface area contributed by atoms with Crippen LogP contribution < -0.4 is 9.46 Å². The van der Waals surface area contributed by atoms with Crippen LogP contribution in [0.1, 0.15) is 56.4 Å². The largest absolute Gasteiger partial charge is 0.483 e. The number of hydrogen-bond donors (Lipinski definition) is 1. The number of nitrogens with zero attached hydrogens (tertiary/aromatic N) is 1. The van der Waals surface area contributed by atoms with E-state index in [2.05, 4.69) is 4.72 Å². The highest BCUT2D eigenvalue weighted by Gasteiger charge is 2.27. The first-order valence-corrected chi connectivity index (χ1v) is 13.6. The number of carbonyl (C=O) groups is 1. The molecule has 0 radical (unpaired) electrons. The first-order valence-electron chi connectivity index (χ1n) is 11.7. The number of halogens is 1. The number of likely N-dealkylation sites (tertiary alicyclic amines) is 1. The van der Waals surface area contributed by atoms with Gasteiger partial charge in [0.05, 0.1) is 4.90 Å². The number of sulfonamides is 1. The Morgan fingerprint density at radius 1 is 1.00 bits per heavy atom. The topological polar surface area (TPSA) is 75.7 Å². The third-order valence-corrected chi connectivity index (χ3v) is 8.36. The van der Waals surface area contributed by atoms with E-state index >= 15 is 0 Å².